The van der Waals surface area contributed by atoms with E-state index in [-0.39, 0.29) is 5.69 Å². The summed E-state index contributed by atoms with van der Waals surface area (Å²) in [5.74, 6) is -0.559. The zero-order chi connectivity index (χ0) is 13.1. The van der Waals surface area contributed by atoms with Crippen LogP contribution in [0.5, 0.6) is 0 Å². The lowest BCUT2D eigenvalue weighted by molar-refractivity contribution is 0.0688. The second-order valence-electron chi connectivity index (χ2n) is 3.95. The summed E-state index contributed by atoms with van der Waals surface area (Å²) in [6.07, 6.45) is 2.00. The number of nitrogens with zero attached hydrogens (tertiary/aromatic N) is 2. The maximum atomic E-state index is 11.0. The number of carboxylic acid groups (broad SMARTS) is 1. The summed E-state index contributed by atoms with van der Waals surface area (Å²) in [6, 6.07) is 7.97. The largest absolute Gasteiger partial charge is 0.476 e. The lowest BCUT2D eigenvalue weighted by Gasteiger charge is -2.04. The van der Waals surface area contributed by atoms with E-state index in [2.05, 4.69) is 25.9 Å². The first-order valence-electron chi connectivity index (χ1n) is 5.36. The predicted octanol–water partition coefficient (Wildman–Crippen LogP) is 2.84. The van der Waals surface area contributed by atoms with Gasteiger partial charge in [-0.25, -0.2) is 14.8 Å². The summed E-state index contributed by atoms with van der Waals surface area (Å²) >= 11 is 3.12. The van der Waals surface area contributed by atoms with E-state index < -0.39 is 5.97 Å². The zero-order valence-electron chi connectivity index (χ0n) is 9.72. The van der Waals surface area contributed by atoms with Crippen LogP contribution in [0, 0.1) is 6.92 Å². The summed E-state index contributed by atoms with van der Waals surface area (Å²) in [6.45, 7) is 2.01. The Bertz CT molecular complexity index is 599. The quantitative estimate of drug-likeness (QED) is 0.947. The number of aryl methyl sites for hydroxylation is 1. The molecule has 5 heteroatoms. The van der Waals surface area contributed by atoms with Crippen LogP contribution in [0.1, 0.15) is 27.4 Å². The molecule has 0 amide bonds. The number of hydrogen-bond acceptors (Lipinski definition) is 3. The summed E-state index contributed by atoms with van der Waals surface area (Å²) in [7, 11) is 0. The average molecular weight is 307 g/mol. The van der Waals surface area contributed by atoms with Crippen LogP contribution in [0.2, 0.25) is 0 Å². The van der Waals surface area contributed by atoms with E-state index in [9.17, 15) is 4.79 Å². The molecular weight excluding hydrogens is 296 g/mol. The van der Waals surface area contributed by atoms with Gasteiger partial charge in [-0.05, 0) is 28.4 Å². The molecule has 0 bridgehead atoms. The minimum absolute atomic E-state index is 0.00680. The molecular formula is C13H11BrN2O2. The third kappa shape index (κ3) is 2.92. The number of hydrogen-bond donors (Lipinski definition) is 1. The fraction of sp³-hybridized carbons (Fsp3) is 0.154. The first kappa shape index (κ1) is 12.7. The molecule has 0 aliphatic heterocycles. The van der Waals surface area contributed by atoms with Crippen LogP contribution in [0.15, 0.2) is 34.9 Å². The number of aromatic nitrogens is 2. The highest BCUT2D eigenvalue weighted by atomic mass is 79.9. The molecule has 0 aliphatic rings. The van der Waals surface area contributed by atoms with Gasteiger partial charge in [-0.15, -0.1) is 0 Å². The zero-order valence-corrected chi connectivity index (χ0v) is 11.3. The maximum Gasteiger partial charge on any atom is 0.355 e. The van der Waals surface area contributed by atoms with Crippen molar-refractivity contribution in [1.29, 1.82) is 0 Å². The van der Waals surface area contributed by atoms with Gasteiger partial charge < -0.3 is 5.11 Å². The fourth-order valence-corrected chi connectivity index (χ4v) is 2.00. The third-order valence-corrected chi connectivity index (χ3v) is 3.02. The van der Waals surface area contributed by atoms with Crippen LogP contribution in [-0.4, -0.2) is 21.0 Å². The second kappa shape index (κ2) is 5.27. The highest BCUT2D eigenvalue weighted by Crippen LogP contribution is 2.15. The first-order chi connectivity index (χ1) is 8.56. The van der Waals surface area contributed by atoms with Gasteiger partial charge in [0.05, 0.1) is 4.47 Å². The number of carbonyl (C=O) groups is 1. The van der Waals surface area contributed by atoms with E-state index in [1.165, 1.54) is 6.20 Å². The molecule has 0 saturated heterocycles. The predicted molar refractivity (Wildman–Crippen MR) is 70.7 cm³/mol. The molecule has 2 rings (SSSR count). The van der Waals surface area contributed by atoms with Crippen molar-refractivity contribution in [3.63, 3.8) is 0 Å². The number of halogens is 1. The Morgan fingerprint density at radius 1 is 1.44 bits per heavy atom. The van der Waals surface area contributed by atoms with Crippen molar-refractivity contribution in [2.24, 2.45) is 0 Å². The van der Waals surface area contributed by atoms with Crippen molar-refractivity contribution in [1.82, 2.24) is 9.97 Å². The Morgan fingerprint density at radius 3 is 2.89 bits per heavy atom. The number of benzene rings is 1. The van der Waals surface area contributed by atoms with Crippen molar-refractivity contribution in [2.45, 2.75) is 13.3 Å². The van der Waals surface area contributed by atoms with Gasteiger partial charge in [0.15, 0.2) is 5.69 Å². The molecule has 1 heterocycles. The third-order valence-electron chi connectivity index (χ3n) is 2.44. The minimum Gasteiger partial charge on any atom is -0.476 e. The molecule has 0 fully saturated rings. The summed E-state index contributed by atoms with van der Waals surface area (Å²) in [5, 5.41) is 8.98. The summed E-state index contributed by atoms with van der Waals surface area (Å²) in [4.78, 5) is 19.1. The van der Waals surface area contributed by atoms with Crippen molar-refractivity contribution < 1.29 is 9.90 Å². The van der Waals surface area contributed by atoms with Crippen LogP contribution in [0.25, 0.3) is 0 Å². The van der Waals surface area contributed by atoms with Gasteiger partial charge in [0, 0.05) is 12.6 Å². The molecule has 1 aromatic carbocycles. The molecule has 18 heavy (non-hydrogen) atoms. The van der Waals surface area contributed by atoms with Gasteiger partial charge in [0.25, 0.3) is 0 Å². The van der Waals surface area contributed by atoms with E-state index in [1.54, 1.807) is 0 Å². The van der Waals surface area contributed by atoms with E-state index >= 15 is 0 Å². The van der Waals surface area contributed by atoms with Gasteiger partial charge in [0.2, 0.25) is 0 Å². The fourth-order valence-electron chi connectivity index (χ4n) is 1.64. The SMILES string of the molecule is Cc1cccc(Cc2ncc(Br)c(C(=O)O)n2)c1. The number of rotatable bonds is 3. The van der Waals surface area contributed by atoms with Crippen molar-refractivity contribution in [3.05, 3.63) is 57.6 Å². The highest BCUT2D eigenvalue weighted by Gasteiger charge is 2.12. The van der Waals surface area contributed by atoms with E-state index in [0.717, 1.165) is 11.1 Å². The summed E-state index contributed by atoms with van der Waals surface area (Å²) in [5.41, 5.74) is 2.21. The van der Waals surface area contributed by atoms with E-state index in [1.807, 2.05) is 31.2 Å². The average Bonchev–Trinajstić information content (AvgIpc) is 2.31. The molecule has 0 spiro atoms. The van der Waals surface area contributed by atoms with Crippen LogP contribution >= 0.6 is 15.9 Å². The van der Waals surface area contributed by atoms with Crippen LogP contribution in [0.3, 0.4) is 0 Å². The van der Waals surface area contributed by atoms with Crippen molar-refractivity contribution >= 4 is 21.9 Å². The normalized spacial score (nSPS) is 10.3. The van der Waals surface area contributed by atoms with Gasteiger partial charge in [-0.3, -0.25) is 0 Å². The lowest BCUT2D eigenvalue weighted by Crippen LogP contribution is -2.06. The molecule has 0 saturated carbocycles. The second-order valence-corrected chi connectivity index (χ2v) is 4.81. The molecule has 0 atom stereocenters. The van der Waals surface area contributed by atoms with Gasteiger partial charge in [-0.1, -0.05) is 29.8 Å². The monoisotopic (exact) mass is 306 g/mol. The molecule has 92 valence electrons. The molecule has 4 nitrogen and oxygen atoms in total. The summed E-state index contributed by atoms with van der Waals surface area (Å²) < 4.78 is 0.392. The molecule has 1 N–H and O–H groups in total. The Kier molecular flexibility index (Phi) is 3.72. The standard InChI is InChI=1S/C13H11BrN2O2/c1-8-3-2-4-9(5-8)6-11-15-7-10(14)12(16-11)13(17)18/h2-5,7H,6H2,1H3,(H,17,18). The minimum atomic E-state index is -1.06. The topological polar surface area (TPSA) is 63.1 Å². The molecule has 1 aromatic heterocycles. The van der Waals surface area contributed by atoms with Gasteiger partial charge in [0.1, 0.15) is 5.82 Å². The van der Waals surface area contributed by atoms with Crippen LogP contribution in [-0.2, 0) is 6.42 Å². The lowest BCUT2D eigenvalue weighted by atomic mass is 10.1. The molecule has 2 aromatic rings. The van der Waals surface area contributed by atoms with Crippen molar-refractivity contribution in [3.8, 4) is 0 Å². The van der Waals surface area contributed by atoms with Gasteiger partial charge in [-0.2, -0.15) is 0 Å². The van der Waals surface area contributed by atoms with E-state index in [4.69, 9.17) is 5.11 Å². The van der Waals surface area contributed by atoms with Gasteiger partial charge >= 0.3 is 5.97 Å². The van der Waals surface area contributed by atoms with Crippen molar-refractivity contribution in [2.75, 3.05) is 0 Å². The van der Waals surface area contributed by atoms with Crippen LogP contribution in [0.4, 0.5) is 0 Å². The number of aromatic carboxylic acids is 1. The Labute approximate surface area is 113 Å². The Morgan fingerprint density at radius 2 is 2.22 bits per heavy atom. The first-order valence-corrected chi connectivity index (χ1v) is 6.16. The van der Waals surface area contributed by atoms with E-state index in [0.29, 0.717) is 16.7 Å². The highest BCUT2D eigenvalue weighted by molar-refractivity contribution is 9.10. The number of carboxylic acids is 1. The molecule has 0 aliphatic carbocycles. The Balaban J connectivity index is 2.30. The maximum absolute atomic E-state index is 11.0. The van der Waals surface area contributed by atoms with Crippen LogP contribution < -0.4 is 0 Å². The smallest absolute Gasteiger partial charge is 0.355 e. The Hall–Kier alpha value is -1.75. The molecule has 0 radical (unpaired) electrons. The molecule has 0 unspecified atom stereocenters.